The first-order chi connectivity index (χ1) is 8.66. The van der Waals surface area contributed by atoms with E-state index in [0.717, 1.165) is 11.3 Å². The average molecular weight is 241 g/mol. The first-order valence-corrected chi connectivity index (χ1v) is 5.87. The number of benzene rings is 1. The summed E-state index contributed by atoms with van der Waals surface area (Å²) in [7, 11) is 0. The van der Waals surface area contributed by atoms with Gasteiger partial charge in [-0.05, 0) is 31.0 Å². The molecule has 0 saturated heterocycles. The highest BCUT2D eigenvalue weighted by Gasteiger charge is 2.21. The molecule has 0 bridgehead atoms. The van der Waals surface area contributed by atoms with Crippen LogP contribution in [-0.2, 0) is 11.2 Å². The Bertz CT molecular complexity index is 537. The highest BCUT2D eigenvalue weighted by atomic mass is 16.4. The minimum absolute atomic E-state index is 0.465. The third-order valence-corrected chi connectivity index (χ3v) is 2.85. The van der Waals surface area contributed by atoms with Crippen molar-refractivity contribution in [2.45, 2.75) is 19.3 Å². The van der Waals surface area contributed by atoms with Gasteiger partial charge in [0.25, 0.3) is 0 Å². The number of aryl methyl sites for hydroxylation is 1. The topological polar surface area (TPSA) is 50.2 Å². The molecule has 1 N–H and O–H groups in total. The Labute approximate surface area is 106 Å². The van der Waals surface area contributed by atoms with Gasteiger partial charge in [-0.2, -0.15) is 0 Å². The number of aromatic nitrogens is 1. The van der Waals surface area contributed by atoms with E-state index in [1.165, 1.54) is 0 Å². The normalized spacial score (nSPS) is 12.1. The molecule has 1 heterocycles. The van der Waals surface area contributed by atoms with Crippen molar-refractivity contribution in [3.63, 3.8) is 0 Å². The van der Waals surface area contributed by atoms with Crippen molar-refractivity contribution < 1.29 is 9.90 Å². The maximum atomic E-state index is 11.4. The molecule has 18 heavy (non-hydrogen) atoms. The van der Waals surface area contributed by atoms with E-state index in [-0.39, 0.29) is 0 Å². The van der Waals surface area contributed by atoms with E-state index in [9.17, 15) is 9.90 Å². The first-order valence-electron chi connectivity index (χ1n) is 5.87. The van der Waals surface area contributed by atoms with Crippen molar-refractivity contribution in [2.24, 2.45) is 0 Å². The number of carboxylic acids is 1. The molecule has 92 valence electrons. The number of hydrogen-bond acceptors (Lipinski definition) is 2. The second kappa shape index (κ2) is 5.45. The van der Waals surface area contributed by atoms with E-state index < -0.39 is 11.9 Å². The van der Waals surface area contributed by atoms with Crippen LogP contribution < -0.4 is 0 Å². The third kappa shape index (κ3) is 2.94. The lowest BCUT2D eigenvalue weighted by Gasteiger charge is -2.12. The van der Waals surface area contributed by atoms with E-state index in [2.05, 4.69) is 4.98 Å². The molecule has 3 heteroatoms. The summed E-state index contributed by atoms with van der Waals surface area (Å²) in [6.45, 7) is 1.87. The van der Waals surface area contributed by atoms with Gasteiger partial charge in [0.1, 0.15) is 5.92 Å². The Kier molecular flexibility index (Phi) is 3.72. The number of pyridine rings is 1. The van der Waals surface area contributed by atoms with Crippen LogP contribution in [0.3, 0.4) is 0 Å². The summed E-state index contributed by atoms with van der Waals surface area (Å²) in [5.41, 5.74) is 2.46. The zero-order chi connectivity index (χ0) is 13.0. The van der Waals surface area contributed by atoms with Crippen LogP contribution in [0.2, 0.25) is 0 Å². The smallest absolute Gasteiger partial charge is 0.312 e. The fourth-order valence-corrected chi connectivity index (χ4v) is 1.93. The largest absolute Gasteiger partial charge is 0.481 e. The predicted molar refractivity (Wildman–Crippen MR) is 69.5 cm³/mol. The Morgan fingerprint density at radius 1 is 1.17 bits per heavy atom. The van der Waals surface area contributed by atoms with Gasteiger partial charge in [-0.15, -0.1) is 0 Å². The molecular formula is C15H15NO2. The van der Waals surface area contributed by atoms with Gasteiger partial charge in [0.15, 0.2) is 0 Å². The van der Waals surface area contributed by atoms with E-state index in [4.69, 9.17) is 0 Å². The van der Waals surface area contributed by atoms with Gasteiger partial charge in [-0.3, -0.25) is 9.78 Å². The van der Waals surface area contributed by atoms with E-state index in [1.54, 1.807) is 6.07 Å². The van der Waals surface area contributed by atoms with Crippen LogP contribution in [0.5, 0.6) is 0 Å². The van der Waals surface area contributed by atoms with Crippen LogP contribution in [0.15, 0.2) is 48.5 Å². The summed E-state index contributed by atoms with van der Waals surface area (Å²) in [5, 5.41) is 9.34. The number of hydrogen-bond donors (Lipinski definition) is 1. The highest BCUT2D eigenvalue weighted by Crippen LogP contribution is 2.19. The van der Waals surface area contributed by atoms with E-state index in [1.807, 2.05) is 49.4 Å². The lowest BCUT2D eigenvalue weighted by Crippen LogP contribution is -2.16. The molecule has 0 aliphatic carbocycles. The molecule has 0 aliphatic rings. The molecule has 2 aromatic rings. The van der Waals surface area contributed by atoms with Crippen molar-refractivity contribution in [1.82, 2.24) is 4.98 Å². The quantitative estimate of drug-likeness (QED) is 0.895. The molecule has 3 nitrogen and oxygen atoms in total. The van der Waals surface area contributed by atoms with Crippen molar-refractivity contribution >= 4 is 5.97 Å². The molecule has 1 aromatic carbocycles. The second-order valence-electron chi connectivity index (χ2n) is 4.28. The Morgan fingerprint density at radius 2 is 1.89 bits per heavy atom. The maximum absolute atomic E-state index is 11.4. The zero-order valence-corrected chi connectivity index (χ0v) is 10.2. The molecule has 2 rings (SSSR count). The predicted octanol–water partition coefficient (Wildman–Crippen LogP) is 2.80. The van der Waals surface area contributed by atoms with Gasteiger partial charge in [0, 0.05) is 5.69 Å². The Balaban J connectivity index is 2.27. The SMILES string of the molecule is Cc1cccc(C(Cc2ccccc2)C(=O)O)n1. The number of carbonyl (C=O) groups is 1. The van der Waals surface area contributed by atoms with Crippen LogP contribution in [-0.4, -0.2) is 16.1 Å². The molecule has 0 saturated carbocycles. The fraction of sp³-hybridized carbons (Fsp3) is 0.200. The number of rotatable bonds is 4. The fourth-order valence-electron chi connectivity index (χ4n) is 1.93. The molecule has 0 amide bonds. The summed E-state index contributed by atoms with van der Waals surface area (Å²) >= 11 is 0. The molecule has 0 aliphatic heterocycles. The summed E-state index contributed by atoms with van der Waals surface area (Å²) in [6.07, 6.45) is 0.465. The van der Waals surface area contributed by atoms with Crippen LogP contribution in [0.1, 0.15) is 22.9 Å². The molecular weight excluding hydrogens is 226 g/mol. The second-order valence-corrected chi connectivity index (χ2v) is 4.28. The van der Waals surface area contributed by atoms with Crippen LogP contribution in [0, 0.1) is 6.92 Å². The van der Waals surface area contributed by atoms with Gasteiger partial charge < -0.3 is 5.11 Å². The van der Waals surface area contributed by atoms with Crippen molar-refractivity contribution in [3.8, 4) is 0 Å². The van der Waals surface area contributed by atoms with Crippen molar-refractivity contribution in [3.05, 3.63) is 65.5 Å². The minimum atomic E-state index is -0.836. The molecule has 1 unspecified atom stereocenters. The molecule has 1 aromatic heterocycles. The molecule has 0 radical (unpaired) electrons. The van der Waals surface area contributed by atoms with Gasteiger partial charge in [0.05, 0.1) is 5.69 Å². The van der Waals surface area contributed by atoms with E-state index >= 15 is 0 Å². The van der Waals surface area contributed by atoms with Crippen molar-refractivity contribution in [2.75, 3.05) is 0 Å². The Morgan fingerprint density at radius 3 is 2.50 bits per heavy atom. The molecule has 0 spiro atoms. The summed E-state index contributed by atoms with van der Waals surface area (Å²) < 4.78 is 0. The lowest BCUT2D eigenvalue weighted by atomic mass is 9.95. The highest BCUT2D eigenvalue weighted by molar-refractivity contribution is 5.75. The standard InChI is InChI=1S/C15H15NO2/c1-11-6-5-9-14(16-11)13(15(17)18)10-12-7-3-2-4-8-12/h2-9,13H,10H2,1H3,(H,17,18). The van der Waals surface area contributed by atoms with Gasteiger partial charge in [0.2, 0.25) is 0 Å². The average Bonchev–Trinajstić information content (AvgIpc) is 2.37. The summed E-state index contributed by atoms with van der Waals surface area (Å²) in [6, 6.07) is 15.1. The number of aliphatic carboxylic acids is 1. The van der Waals surface area contributed by atoms with Gasteiger partial charge in [-0.25, -0.2) is 0 Å². The minimum Gasteiger partial charge on any atom is -0.481 e. The number of carboxylic acid groups (broad SMARTS) is 1. The van der Waals surface area contributed by atoms with E-state index in [0.29, 0.717) is 12.1 Å². The molecule has 1 atom stereocenters. The van der Waals surface area contributed by atoms with Gasteiger partial charge in [-0.1, -0.05) is 36.4 Å². The summed E-state index contributed by atoms with van der Waals surface area (Å²) in [4.78, 5) is 15.7. The monoisotopic (exact) mass is 241 g/mol. The maximum Gasteiger partial charge on any atom is 0.312 e. The van der Waals surface area contributed by atoms with Crippen LogP contribution >= 0.6 is 0 Å². The number of nitrogens with zero attached hydrogens (tertiary/aromatic N) is 1. The third-order valence-electron chi connectivity index (χ3n) is 2.85. The van der Waals surface area contributed by atoms with Crippen molar-refractivity contribution in [1.29, 1.82) is 0 Å². The van der Waals surface area contributed by atoms with Crippen LogP contribution in [0.25, 0.3) is 0 Å². The lowest BCUT2D eigenvalue weighted by molar-refractivity contribution is -0.138. The van der Waals surface area contributed by atoms with Gasteiger partial charge >= 0.3 is 5.97 Å². The first kappa shape index (κ1) is 12.3. The summed E-state index contributed by atoms with van der Waals surface area (Å²) in [5.74, 6) is -1.43. The zero-order valence-electron chi connectivity index (χ0n) is 10.2. The van der Waals surface area contributed by atoms with Crippen LogP contribution in [0.4, 0.5) is 0 Å². The molecule has 0 fully saturated rings. The Hall–Kier alpha value is -2.16.